The zero-order valence-corrected chi connectivity index (χ0v) is 33.9. The first kappa shape index (κ1) is 38.0. The Labute approximate surface area is 337 Å². The highest BCUT2D eigenvalue weighted by molar-refractivity contribution is 6.15. The van der Waals surface area contributed by atoms with Crippen molar-refractivity contribution in [2.75, 3.05) is 0 Å². The van der Waals surface area contributed by atoms with Crippen molar-refractivity contribution in [3.63, 3.8) is 0 Å². The second-order valence-electron chi connectivity index (χ2n) is 16.5. The van der Waals surface area contributed by atoms with Crippen LogP contribution in [0.1, 0.15) is 147 Å². The molecule has 0 bridgehead atoms. The molecule has 8 rings (SSSR count). The van der Waals surface area contributed by atoms with Gasteiger partial charge in [0.2, 0.25) is 0 Å². The van der Waals surface area contributed by atoms with E-state index in [1.807, 2.05) is 0 Å². The summed E-state index contributed by atoms with van der Waals surface area (Å²) in [5, 5.41) is 0. The summed E-state index contributed by atoms with van der Waals surface area (Å²) in [6, 6.07) is 61.1. The van der Waals surface area contributed by atoms with Crippen LogP contribution in [0.25, 0.3) is 11.1 Å². The van der Waals surface area contributed by atoms with Crippen LogP contribution in [0.4, 0.5) is 0 Å². The van der Waals surface area contributed by atoms with E-state index in [9.17, 15) is 0 Å². The summed E-state index contributed by atoms with van der Waals surface area (Å²) in [7, 11) is 0. The Kier molecular flexibility index (Phi) is 11.8. The molecule has 0 heteroatoms. The van der Waals surface area contributed by atoms with Gasteiger partial charge in [0.05, 0.1) is 10.8 Å². The zero-order valence-electron chi connectivity index (χ0n) is 33.9. The van der Waals surface area contributed by atoms with Gasteiger partial charge < -0.3 is 0 Å². The van der Waals surface area contributed by atoms with E-state index in [0.29, 0.717) is 0 Å². The third-order valence-electron chi connectivity index (χ3n) is 13.0. The van der Waals surface area contributed by atoms with Crippen molar-refractivity contribution in [3.8, 4) is 0 Å². The number of fused-ring (bicyclic) bond motifs is 4. The van der Waals surface area contributed by atoms with Crippen LogP contribution in [-0.4, -0.2) is 0 Å². The van der Waals surface area contributed by atoms with Gasteiger partial charge in [-0.05, 0) is 92.5 Å². The van der Waals surface area contributed by atoms with Gasteiger partial charge in [-0.25, -0.2) is 0 Å². The standard InChI is InChI=1S/C56H60/c1-3-5-7-9-11-15-25-43-35-39-47(40-36-43)56(48-41-37-44(38-42-48)26-16-12-10-8-6-4-2)52-34-24-22-32-50(52)53-54(56)49-31-21-23-33-51(49)55(53,45-27-17-13-18-28-45)46-29-19-14-20-30-46/h13-14,17-24,27-42H,3-12,15-16,25-26H2,1-2H3. The van der Waals surface area contributed by atoms with Gasteiger partial charge in [-0.3, -0.25) is 0 Å². The molecule has 0 saturated carbocycles. The van der Waals surface area contributed by atoms with Crippen molar-refractivity contribution >= 4 is 11.1 Å². The van der Waals surface area contributed by atoms with Crippen molar-refractivity contribution in [1.29, 1.82) is 0 Å². The lowest BCUT2D eigenvalue weighted by Crippen LogP contribution is -2.30. The Morgan fingerprint density at radius 3 is 1.02 bits per heavy atom. The van der Waals surface area contributed by atoms with Crippen LogP contribution < -0.4 is 0 Å². The minimum atomic E-state index is -0.481. The molecule has 0 radical (unpaired) electrons. The maximum absolute atomic E-state index is 2.48. The summed E-state index contributed by atoms with van der Waals surface area (Å²) in [6.45, 7) is 4.60. The van der Waals surface area contributed by atoms with Crippen LogP contribution in [0.2, 0.25) is 0 Å². The van der Waals surface area contributed by atoms with E-state index in [1.54, 1.807) is 0 Å². The second kappa shape index (κ2) is 17.5. The Morgan fingerprint density at radius 1 is 0.304 bits per heavy atom. The summed E-state index contributed by atoms with van der Waals surface area (Å²) in [5.41, 5.74) is 15.7. The van der Waals surface area contributed by atoms with E-state index < -0.39 is 10.8 Å². The van der Waals surface area contributed by atoms with Crippen LogP contribution in [0.15, 0.2) is 158 Å². The fourth-order valence-corrected chi connectivity index (χ4v) is 10.3. The molecule has 0 amide bonds. The van der Waals surface area contributed by atoms with E-state index in [2.05, 4.69) is 172 Å². The van der Waals surface area contributed by atoms with E-state index in [-0.39, 0.29) is 0 Å². The largest absolute Gasteiger partial charge is 0.0716 e. The number of aryl methyl sites for hydroxylation is 2. The van der Waals surface area contributed by atoms with Crippen LogP contribution in [0, 0.1) is 0 Å². The minimum absolute atomic E-state index is 0.471. The molecule has 0 heterocycles. The van der Waals surface area contributed by atoms with E-state index in [1.165, 1.54) is 144 Å². The van der Waals surface area contributed by atoms with Crippen molar-refractivity contribution in [1.82, 2.24) is 0 Å². The second-order valence-corrected chi connectivity index (χ2v) is 16.5. The Bertz CT molecular complexity index is 2100. The van der Waals surface area contributed by atoms with E-state index >= 15 is 0 Å². The SMILES string of the molecule is CCCCCCCCc1ccc(C2(c3ccc(CCCCCCCC)cc3)C3=C(c4ccccc42)C(c2ccccc2)(c2ccccc2)c2ccccc23)cc1. The number of allylic oxidation sites excluding steroid dienone is 2. The van der Waals surface area contributed by atoms with Gasteiger partial charge >= 0.3 is 0 Å². The van der Waals surface area contributed by atoms with E-state index in [4.69, 9.17) is 0 Å². The predicted octanol–water partition coefficient (Wildman–Crippen LogP) is 15.1. The van der Waals surface area contributed by atoms with Crippen molar-refractivity contribution < 1.29 is 0 Å². The van der Waals surface area contributed by atoms with Gasteiger partial charge in [0, 0.05) is 0 Å². The van der Waals surface area contributed by atoms with Crippen molar-refractivity contribution in [2.45, 2.75) is 115 Å². The first-order valence-corrected chi connectivity index (χ1v) is 22.0. The third-order valence-corrected chi connectivity index (χ3v) is 13.0. The van der Waals surface area contributed by atoms with Crippen LogP contribution >= 0.6 is 0 Å². The van der Waals surface area contributed by atoms with Gasteiger partial charge in [-0.15, -0.1) is 0 Å². The minimum Gasteiger partial charge on any atom is -0.0654 e. The summed E-state index contributed by atoms with van der Waals surface area (Å²) in [4.78, 5) is 0. The van der Waals surface area contributed by atoms with Crippen LogP contribution in [-0.2, 0) is 23.7 Å². The molecule has 0 N–H and O–H groups in total. The molecule has 0 spiro atoms. The van der Waals surface area contributed by atoms with Gasteiger partial charge in [0.15, 0.2) is 0 Å². The smallest absolute Gasteiger partial charge is 0.0654 e. The molecule has 0 aliphatic heterocycles. The molecular formula is C56H60. The number of benzene rings is 6. The zero-order chi connectivity index (χ0) is 38.2. The number of unbranched alkanes of at least 4 members (excludes halogenated alkanes) is 10. The molecule has 0 fully saturated rings. The highest BCUT2D eigenvalue weighted by Gasteiger charge is 2.59. The monoisotopic (exact) mass is 732 g/mol. The lowest BCUT2D eigenvalue weighted by Gasteiger charge is -2.37. The maximum atomic E-state index is 2.48. The molecule has 0 unspecified atom stereocenters. The van der Waals surface area contributed by atoms with E-state index in [0.717, 1.165) is 12.8 Å². The molecule has 56 heavy (non-hydrogen) atoms. The summed E-state index contributed by atoms with van der Waals surface area (Å²) in [5.74, 6) is 0. The molecule has 0 atom stereocenters. The molecule has 2 aliphatic carbocycles. The number of hydrogen-bond donors (Lipinski definition) is 0. The molecule has 2 aliphatic rings. The average molecular weight is 733 g/mol. The van der Waals surface area contributed by atoms with Crippen molar-refractivity contribution in [3.05, 3.63) is 213 Å². The van der Waals surface area contributed by atoms with Gasteiger partial charge in [0.25, 0.3) is 0 Å². The normalized spacial score (nSPS) is 14.8. The molecule has 6 aromatic rings. The topological polar surface area (TPSA) is 0 Å². The molecular weight excluding hydrogens is 673 g/mol. The Hall–Kier alpha value is -4.94. The summed E-state index contributed by atoms with van der Waals surface area (Å²) in [6.07, 6.45) is 18.2. The molecule has 0 aromatic heterocycles. The fraction of sp³-hybridized carbons (Fsp3) is 0.321. The fourth-order valence-electron chi connectivity index (χ4n) is 10.3. The highest BCUT2D eigenvalue weighted by atomic mass is 14.6. The molecule has 284 valence electrons. The summed E-state index contributed by atoms with van der Waals surface area (Å²) < 4.78 is 0. The Balaban J connectivity index is 1.32. The first-order chi connectivity index (χ1) is 27.7. The Morgan fingerprint density at radius 2 is 0.625 bits per heavy atom. The van der Waals surface area contributed by atoms with Gasteiger partial charge in [-0.1, -0.05) is 236 Å². The molecule has 0 nitrogen and oxygen atoms in total. The predicted molar refractivity (Wildman–Crippen MR) is 239 cm³/mol. The van der Waals surface area contributed by atoms with Gasteiger partial charge in [-0.2, -0.15) is 0 Å². The number of rotatable bonds is 18. The van der Waals surface area contributed by atoms with Crippen LogP contribution in [0.3, 0.4) is 0 Å². The lowest BCUT2D eigenvalue weighted by atomic mass is 9.64. The maximum Gasteiger partial charge on any atom is 0.0716 e. The first-order valence-electron chi connectivity index (χ1n) is 22.0. The molecule has 6 aromatic carbocycles. The van der Waals surface area contributed by atoms with Gasteiger partial charge in [0.1, 0.15) is 0 Å². The number of hydrogen-bond acceptors (Lipinski definition) is 0. The lowest BCUT2D eigenvalue weighted by molar-refractivity contribution is 0.607. The quantitative estimate of drug-likeness (QED) is 0.0772. The van der Waals surface area contributed by atoms with Crippen molar-refractivity contribution in [2.24, 2.45) is 0 Å². The highest BCUT2D eigenvalue weighted by Crippen LogP contribution is 2.69. The third kappa shape index (κ3) is 6.80. The average Bonchev–Trinajstić information content (AvgIpc) is 3.74. The summed E-state index contributed by atoms with van der Waals surface area (Å²) >= 11 is 0. The molecule has 0 saturated heterocycles. The van der Waals surface area contributed by atoms with Crippen LogP contribution in [0.5, 0.6) is 0 Å².